The van der Waals surface area contributed by atoms with E-state index >= 15 is 0 Å². The van der Waals surface area contributed by atoms with Gasteiger partial charge in [0.1, 0.15) is 12.7 Å². The van der Waals surface area contributed by atoms with Crippen LogP contribution in [0.4, 0.5) is 0 Å². The van der Waals surface area contributed by atoms with Gasteiger partial charge in [-0.25, -0.2) is 4.79 Å². The van der Waals surface area contributed by atoms with Crippen LogP contribution < -0.4 is 0 Å². The van der Waals surface area contributed by atoms with Gasteiger partial charge in [-0.1, -0.05) is 0 Å². The number of carbonyl (C=O) groups is 2. The lowest BCUT2D eigenvalue weighted by Gasteiger charge is -2.20. The van der Waals surface area contributed by atoms with Crippen LogP contribution in [-0.2, 0) is 19.1 Å². The molecule has 2 N–H and O–H groups in total. The van der Waals surface area contributed by atoms with Crippen LogP contribution in [0.15, 0.2) is 12.2 Å². The number of aliphatic hydroxyl groups is 2. The fourth-order valence-electron chi connectivity index (χ4n) is 1.77. The number of esters is 1. The molecule has 2 saturated heterocycles. The maximum atomic E-state index is 11.8. The number of hydrogen-bond donors (Lipinski definition) is 2. The number of ether oxygens (including phenoxy) is 2. The number of carbonyl (C=O) groups excluding carboxylic acids is 2. The Hall–Kier alpha value is -1.24. The minimum Gasteiger partial charge on any atom is -0.463 e. The average molecular weight is 242 g/mol. The molecule has 2 heterocycles. The molecule has 0 aromatic carbocycles. The van der Waals surface area contributed by atoms with Crippen LogP contribution >= 0.6 is 0 Å². The van der Waals surface area contributed by atoms with Gasteiger partial charge in [-0.2, -0.15) is 0 Å². The first kappa shape index (κ1) is 12.2. The van der Waals surface area contributed by atoms with E-state index in [0.717, 1.165) is 6.08 Å². The molecule has 6 nitrogen and oxygen atoms in total. The summed E-state index contributed by atoms with van der Waals surface area (Å²) in [6, 6.07) is 0. The number of epoxide rings is 1. The van der Waals surface area contributed by atoms with Crippen LogP contribution in [0, 0.1) is 5.92 Å². The first-order chi connectivity index (χ1) is 8.00. The standard InChI is InChI=1S/C11H14O6/c1-6-8(17-6)2-3-9(13)11(15)7(4-12)5-16-10(11)14/h2-3,6-8,12,15H,4-5H2,1H3/b3-2+/t6-,7-,8+,11+/m0/s1. The monoisotopic (exact) mass is 242 g/mol. The van der Waals surface area contributed by atoms with E-state index in [4.69, 9.17) is 9.84 Å². The van der Waals surface area contributed by atoms with E-state index in [1.165, 1.54) is 6.08 Å². The van der Waals surface area contributed by atoms with Gasteiger partial charge >= 0.3 is 5.97 Å². The highest BCUT2D eigenvalue weighted by atomic mass is 16.6. The summed E-state index contributed by atoms with van der Waals surface area (Å²) in [4.78, 5) is 23.1. The molecule has 0 aromatic heterocycles. The molecule has 0 aliphatic carbocycles. The van der Waals surface area contributed by atoms with Crippen molar-refractivity contribution in [2.75, 3.05) is 13.2 Å². The highest BCUT2D eigenvalue weighted by molar-refractivity contribution is 6.13. The Morgan fingerprint density at radius 3 is 2.82 bits per heavy atom. The third-order valence-corrected chi connectivity index (χ3v) is 3.11. The van der Waals surface area contributed by atoms with Crippen LogP contribution in [0.25, 0.3) is 0 Å². The number of rotatable bonds is 4. The molecule has 2 fully saturated rings. The maximum Gasteiger partial charge on any atom is 0.346 e. The number of ketones is 1. The Labute approximate surface area is 97.8 Å². The zero-order valence-electron chi connectivity index (χ0n) is 9.33. The Kier molecular flexibility index (Phi) is 3.03. The Morgan fingerprint density at radius 1 is 1.65 bits per heavy atom. The molecule has 0 amide bonds. The third kappa shape index (κ3) is 1.99. The van der Waals surface area contributed by atoms with Crippen LogP contribution in [0.5, 0.6) is 0 Å². The van der Waals surface area contributed by atoms with E-state index in [1.54, 1.807) is 0 Å². The summed E-state index contributed by atoms with van der Waals surface area (Å²) >= 11 is 0. The minimum absolute atomic E-state index is 0.0536. The van der Waals surface area contributed by atoms with E-state index in [1.807, 2.05) is 6.92 Å². The van der Waals surface area contributed by atoms with Crippen LogP contribution in [0.3, 0.4) is 0 Å². The molecule has 0 radical (unpaired) electrons. The molecule has 0 unspecified atom stereocenters. The zero-order chi connectivity index (χ0) is 12.6. The number of aliphatic hydroxyl groups excluding tert-OH is 1. The lowest BCUT2D eigenvalue weighted by molar-refractivity contribution is -0.160. The SMILES string of the molecule is C[C@@H]1O[C@@H]1/C=C/C(=O)[C@@]1(O)C(=O)OC[C@@H]1CO. The van der Waals surface area contributed by atoms with Crippen molar-refractivity contribution in [2.24, 2.45) is 5.92 Å². The van der Waals surface area contributed by atoms with Crippen molar-refractivity contribution >= 4 is 11.8 Å². The predicted octanol–water partition coefficient (Wildman–Crippen LogP) is -1.20. The van der Waals surface area contributed by atoms with Crippen molar-refractivity contribution in [2.45, 2.75) is 24.7 Å². The van der Waals surface area contributed by atoms with E-state index in [-0.39, 0.29) is 18.8 Å². The second-order valence-corrected chi connectivity index (χ2v) is 4.27. The molecule has 4 atom stereocenters. The summed E-state index contributed by atoms with van der Waals surface area (Å²) in [6.07, 6.45) is 2.51. The largest absolute Gasteiger partial charge is 0.463 e. The molecule has 2 rings (SSSR count). The fourth-order valence-corrected chi connectivity index (χ4v) is 1.77. The van der Waals surface area contributed by atoms with Crippen molar-refractivity contribution in [1.82, 2.24) is 0 Å². The molecule has 0 bridgehead atoms. The highest BCUT2D eigenvalue weighted by Crippen LogP contribution is 2.29. The second kappa shape index (κ2) is 4.21. The Balaban J connectivity index is 2.10. The molecule has 6 heteroatoms. The quantitative estimate of drug-likeness (QED) is 0.278. The molecule has 0 spiro atoms. The first-order valence-electron chi connectivity index (χ1n) is 5.38. The lowest BCUT2D eigenvalue weighted by Crippen LogP contribution is -2.49. The lowest BCUT2D eigenvalue weighted by atomic mass is 9.86. The molecule has 94 valence electrons. The smallest absolute Gasteiger partial charge is 0.346 e. The van der Waals surface area contributed by atoms with E-state index < -0.39 is 29.9 Å². The van der Waals surface area contributed by atoms with Crippen LogP contribution in [-0.4, -0.2) is 53.0 Å². The van der Waals surface area contributed by atoms with E-state index in [2.05, 4.69) is 4.74 Å². The van der Waals surface area contributed by atoms with Gasteiger partial charge in [-0.3, -0.25) is 4.79 Å². The topological polar surface area (TPSA) is 96.4 Å². The predicted molar refractivity (Wildman–Crippen MR) is 55.0 cm³/mol. The first-order valence-corrected chi connectivity index (χ1v) is 5.38. The molecular weight excluding hydrogens is 228 g/mol. The van der Waals surface area contributed by atoms with Gasteiger partial charge in [0.2, 0.25) is 5.60 Å². The second-order valence-electron chi connectivity index (χ2n) is 4.27. The third-order valence-electron chi connectivity index (χ3n) is 3.11. The van der Waals surface area contributed by atoms with Gasteiger partial charge in [0, 0.05) is 0 Å². The molecule has 17 heavy (non-hydrogen) atoms. The number of hydrogen-bond acceptors (Lipinski definition) is 6. The maximum absolute atomic E-state index is 11.8. The molecule has 2 aliphatic rings. The zero-order valence-corrected chi connectivity index (χ0v) is 9.33. The fraction of sp³-hybridized carbons (Fsp3) is 0.636. The Morgan fingerprint density at radius 2 is 2.29 bits per heavy atom. The summed E-state index contributed by atoms with van der Waals surface area (Å²) in [5.41, 5.74) is -2.26. The molecule has 0 aromatic rings. The van der Waals surface area contributed by atoms with Gasteiger partial charge in [0.15, 0.2) is 5.78 Å². The van der Waals surface area contributed by atoms with Gasteiger partial charge in [0.05, 0.1) is 18.6 Å². The summed E-state index contributed by atoms with van der Waals surface area (Å²) in [5.74, 6) is -2.69. The van der Waals surface area contributed by atoms with Crippen LogP contribution in [0.1, 0.15) is 6.92 Å². The van der Waals surface area contributed by atoms with Crippen molar-refractivity contribution < 1.29 is 29.3 Å². The van der Waals surface area contributed by atoms with Crippen molar-refractivity contribution in [1.29, 1.82) is 0 Å². The van der Waals surface area contributed by atoms with E-state index in [9.17, 15) is 14.7 Å². The van der Waals surface area contributed by atoms with Gasteiger partial charge in [0.25, 0.3) is 0 Å². The van der Waals surface area contributed by atoms with E-state index in [0.29, 0.717) is 0 Å². The average Bonchev–Trinajstić information content (AvgIpc) is 2.93. The normalized spacial score (nSPS) is 40.6. The number of cyclic esters (lactones) is 1. The summed E-state index contributed by atoms with van der Waals surface area (Å²) in [7, 11) is 0. The molecular formula is C11H14O6. The molecule has 0 saturated carbocycles. The minimum atomic E-state index is -2.26. The van der Waals surface area contributed by atoms with Crippen molar-refractivity contribution in [3.05, 3.63) is 12.2 Å². The summed E-state index contributed by atoms with van der Waals surface area (Å²) in [6.45, 7) is 1.20. The van der Waals surface area contributed by atoms with Gasteiger partial charge in [-0.15, -0.1) is 0 Å². The van der Waals surface area contributed by atoms with Gasteiger partial charge < -0.3 is 19.7 Å². The highest BCUT2D eigenvalue weighted by Gasteiger charge is 2.55. The molecule has 2 aliphatic heterocycles. The Bertz CT molecular complexity index is 376. The summed E-state index contributed by atoms with van der Waals surface area (Å²) in [5, 5.41) is 19.0. The summed E-state index contributed by atoms with van der Waals surface area (Å²) < 4.78 is 9.66. The van der Waals surface area contributed by atoms with Gasteiger partial charge in [-0.05, 0) is 19.1 Å². The van der Waals surface area contributed by atoms with Crippen molar-refractivity contribution in [3.63, 3.8) is 0 Å². The van der Waals surface area contributed by atoms with Crippen molar-refractivity contribution in [3.8, 4) is 0 Å². The van der Waals surface area contributed by atoms with Crippen LogP contribution in [0.2, 0.25) is 0 Å².